The van der Waals surface area contributed by atoms with Gasteiger partial charge in [-0.25, -0.2) is 0 Å². The van der Waals surface area contributed by atoms with Crippen LogP contribution >= 0.6 is 0 Å². The van der Waals surface area contributed by atoms with Crippen molar-refractivity contribution in [3.63, 3.8) is 0 Å². The summed E-state index contributed by atoms with van der Waals surface area (Å²) in [5.74, 6) is 0.303. The Balaban J connectivity index is 2.07. The number of carbonyl (C=O) groups is 1. The summed E-state index contributed by atoms with van der Waals surface area (Å²) in [6.07, 6.45) is 3.51. The first-order valence-corrected chi connectivity index (χ1v) is 7.60. The zero-order valence-corrected chi connectivity index (χ0v) is 12.8. The largest absolute Gasteiger partial charge is 0.370 e. The molecule has 116 valence electrons. The van der Waals surface area contributed by atoms with Gasteiger partial charge in [0.05, 0.1) is 0 Å². The van der Waals surface area contributed by atoms with Gasteiger partial charge in [0.25, 0.3) is 0 Å². The predicted octanol–water partition coefficient (Wildman–Crippen LogP) is 0.582. The first-order valence-electron chi connectivity index (χ1n) is 7.60. The monoisotopic (exact) mass is 283 g/mol. The molecule has 0 bridgehead atoms. The molecule has 1 aliphatic rings. The quantitative estimate of drug-likeness (QED) is 0.362. The Morgan fingerprint density at radius 1 is 1.20 bits per heavy atom. The summed E-state index contributed by atoms with van der Waals surface area (Å²) in [5, 5.41) is 9.80. The molecule has 0 saturated carbocycles. The van der Waals surface area contributed by atoms with Crippen molar-refractivity contribution < 1.29 is 4.79 Å². The van der Waals surface area contributed by atoms with Crippen molar-refractivity contribution in [1.29, 1.82) is 5.41 Å². The van der Waals surface area contributed by atoms with E-state index in [0.717, 1.165) is 52.0 Å². The van der Waals surface area contributed by atoms with Gasteiger partial charge < -0.3 is 16.0 Å². The Kier molecular flexibility index (Phi) is 7.36. The molecule has 1 fully saturated rings. The number of carbonyl (C=O) groups excluding carboxylic acids is 1. The van der Waals surface area contributed by atoms with Gasteiger partial charge in [0.2, 0.25) is 5.91 Å². The van der Waals surface area contributed by atoms with Crippen LogP contribution in [0.4, 0.5) is 0 Å². The van der Waals surface area contributed by atoms with Gasteiger partial charge in [-0.1, -0.05) is 6.42 Å². The highest BCUT2D eigenvalue weighted by molar-refractivity contribution is 5.76. The lowest BCUT2D eigenvalue weighted by molar-refractivity contribution is -0.133. The zero-order chi connectivity index (χ0) is 15.0. The minimum Gasteiger partial charge on any atom is -0.370 e. The smallest absolute Gasteiger partial charge is 0.222 e. The minimum atomic E-state index is 0.0177. The Labute approximate surface area is 122 Å². The molecule has 6 heteroatoms. The van der Waals surface area contributed by atoms with E-state index in [1.54, 1.807) is 0 Å². The molecule has 1 rings (SSSR count). The number of rotatable bonds is 7. The topological polar surface area (TPSA) is 85.5 Å². The fourth-order valence-corrected chi connectivity index (χ4v) is 2.45. The predicted molar refractivity (Wildman–Crippen MR) is 81.7 cm³/mol. The van der Waals surface area contributed by atoms with Crippen molar-refractivity contribution in [2.24, 2.45) is 5.73 Å². The average molecular weight is 283 g/mol. The molecule has 1 heterocycles. The van der Waals surface area contributed by atoms with Gasteiger partial charge in [-0.3, -0.25) is 15.1 Å². The molecule has 0 atom stereocenters. The van der Waals surface area contributed by atoms with Gasteiger partial charge in [-0.2, -0.15) is 0 Å². The Hall–Kier alpha value is -1.30. The van der Waals surface area contributed by atoms with E-state index >= 15 is 0 Å². The van der Waals surface area contributed by atoms with Crippen LogP contribution in [-0.4, -0.2) is 60.4 Å². The summed E-state index contributed by atoms with van der Waals surface area (Å²) in [5.41, 5.74) is 5.19. The molecule has 0 aromatic heterocycles. The van der Waals surface area contributed by atoms with Gasteiger partial charge in [0.1, 0.15) is 0 Å². The van der Waals surface area contributed by atoms with Crippen molar-refractivity contribution >= 4 is 11.9 Å². The van der Waals surface area contributed by atoms with Gasteiger partial charge in [-0.05, 0) is 26.7 Å². The number of piperazine rings is 1. The average Bonchev–Trinajstić information content (AvgIpc) is 2.42. The molecule has 0 spiro atoms. The summed E-state index contributed by atoms with van der Waals surface area (Å²) in [7, 11) is 0. The number of nitrogens with zero attached hydrogens (tertiary/aromatic N) is 2. The molecule has 0 aromatic carbocycles. The highest BCUT2D eigenvalue weighted by Crippen LogP contribution is 2.09. The summed E-state index contributed by atoms with van der Waals surface area (Å²) in [6, 6.07) is 0.570. The Morgan fingerprint density at radius 2 is 1.85 bits per heavy atom. The lowest BCUT2D eigenvalue weighted by Gasteiger charge is -2.37. The van der Waals surface area contributed by atoms with Crippen molar-refractivity contribution in [3.05, 3.63) is 0 Å². The third-order valence-electron chi connectivity index (χ3n) is 3.78. The number of hydrogen-bond donors (Lipinski definition) is 3. The number of unbranched alkanes of at least 4 members (excludes halogenated alkanes) is 2. The van der Waals surface area contributed by atoms with Crippen LogP contribution < -0.4 is 11.1 Å². The molecule has 1 saturated heterocycles. The fourth-order valence-electron chi connectivity index (χ4n) is 2.45. The highest BCUT2D eigenvalue weighted by Gasteiger charge is 2.21. The van der Waals surface area contributed by atoms with E-state index < -0.39 is 0 Å². The van der Waals surface area contributed by atoms with Crippen molar-refractivity contribution in [2.75, 3.05) is 32.7 Å². The maximum atomic E-state index is 12.1. The summed E-state index contributed by atoms with van der Waals surface area (Å²) in [4.78, 5) is 16.5. The van der Waals surface area contributed by atoms with Crippen LogP contribution in [0.25, 0.3) is 0 Å². The van der Waals surface area contributed by atoms with E-state index in [2.05, 4.69) is 24.1 Å². The number of hydrogen-bond acceptors (Lipinski definition) is 3. The first kappa shape index (κ1) is 16.8. The molecule has 0 aliphatic carbocycles. The van der Waals surface area contributed by atoms with Gasteiger partial charge >= 0.3 is 0 Å². The summed E-state index contributed by atoms with van der Waals surface area (Å²) in [6.45, 7) is 8.83. The second-order valence-electron chi connectivity index (χ2n) is 5.66. The number of nitrogens with two attached hydrogens (primary N) is 1. The molecule has 1 amide bonds. The standard InChI is InChI=1S/C14H29N5O/c1-12(2)18-8-10-19(11-9-18)13(20)6-4-3-5-7-17-14(15)16/h12H,3-11H2,1-2H3,(H4,15,16,17). The number of nitrogens with one attached hydrogen (secondary N) is 2. The maximum absolute atomic E-state index is 12.1. The van der Waals surface area contributed by atoms with E-state index in [4.69, 9.17) is 11.1 Å². The normalized spacial score (nSPS) is 16.4. The van der Waals surface area contributed by atoms with E-state index in [-0.39, 0.29) is 11.9 Å². The van der Waals surface area contributed by atoms with Crippen LogP contribution in [0.3, 0.4) is 0 Å². The van der Waals surface area contributed by atoms with Crippen molar-refractivity contribution in [1.82, 2.24) is 15.1 Å². The molecular formula is C14H29N5O. The number of amides is 1. The van der Waals surface area contributed by atoms with Crippen LogP contribution in [0.15, 0.2) is 0 Å². The molecule has 0 radical (unpaired) electrons. The highest BCUT2D eigenvalue weighted by atomic mass is 16.2. The summed E-state index contributed by atoms with van der Waals surface area (Å²) < 4.78 is 0. The third-order valence-corrected chi connectivity index (χ3v) is 3.78. The van der Waals surface area contributed by atoms with Crippen LogP contribution in [0.5, 0.6) is 0 Å². The van der Waals surface area contributed by atoms with Gasteiger partial charge in [0.15, 0.2) is 5.96 Å². The molecule has 6 nitrogen and oxygen atoms in total. The van der Waals surface area contributed by atoms with E-state index in [1.165, 1.54) is 0 Å². The minimum absolute atomic E-state index is 0.0177. The van der Waals surface area contributed by atoms with E-state index in [0.29, 0.717) is 12.5 Å². The molecule has 0 unspecified atom stereocenters. The molecule has 1 aliphatic heterocycles. The molecule has 20 heavy (non-hydrogen) atoms. The second-order valence-corrected chi connectivity index (χ2v) is 5.66. The second kappa shape index (κ2) is 8.79. The lowest BCUT2D eigenvalue weighted by atomic mass is 10.1. The van der Waals surface area contributed by atoms with E-state index in [9.17, 15) is 4.79 Å². The van der Waals surface area contributed by atoms with Crippen molar-refractivity contribution in [2.45, 2.75) is 45.6 Å². The van der Waals surface area contributed by atoms with Gasteiger partial charge in [-0.15, -0.1) is 0 Å². The summed E-state index contributed by atoms with van der Waals surface area (Å²) >= 11 is 0. The lowest BCUT2D eigenvalue weighted by Crippen LogP contribution is -2.50. The maximum Gasteiger partial charge on any atom is 0.222 e. The molecule has 0 aromatic rings. The molecular weight excluding hydrogens is 254 g/mol. The third kappa shape index (κ3) is 6.23. The van der Waals surface area contributed by atoms with Gasteiger partial charge in [0, 0.05) is 45.2 Å². The molecule has 4 N–H and O–H groups in total. The zero-order valence-electron chi connectivity index (χ0n) is 12.8. The fraction of sp³-hybridized carbons (Fsp3) is 0.857. The van der Waals surface area contributed by atoms with Crippen LogP contribution in [0, 0.1) is 5.41 Å². The SMILES string of the molecule is CC(C)N1CCN(C(=O)CCCCCNC(=N)N)CC1. The van der Waals surface area contributed by atoms with Crippen LogP contribution in [0.2, 0.25) is 0 Å². The number of guanidine groups is 1. The Bertz CT molecular complexity index is 311. The van der Waals surface area contributed by atoms with Crippen LogP contribution in [-0.2, 0) is 4.79 Å². The van der Waals surface area contributed by atoms with E-state index in [1.807, 2.05) is 4.90 Å². The Morgan fingerprint density at radius 3 is 2.40 bits per heavy atom. The van der Waals surface area contributed by atoms with Crippen LogP contribution in [0.1, 0.15) is 39.5 Å². The van der Waals surface area contributed by atoms with Crippen molar-refractivity contribution in [3.8, 4) is 0 Å². The first-order chi connectivity index (χ1) is 9.50.